The van der Waals surface area contributed by atoms with Gasteiger partial charge in [0.2, 0.25) is 11.8 Å². The van der Waals surface area contributed by atoms with Crippen molar-refractivity contribution in [3.63, 3.8) is 0 Å². The normalized spacial score (nSPS) is 17.6. The molecule has 10 heteroatoms. The Morgan fingerprint density at radius 2 is 1.79 bits per heavy atom. The van der Waals surface area contributed by atoms with E-state index in [1.807, 2.05) is 37.3 Å². The van der Waals surface area contributed by atoms with Gasteiger partial charge in [0, 0.05) is 31.7 Å². The molecule has 1 atom stereocenters. The van der Waals surface area contributed by atoms with Crippen molar-refractivity contribution in [1.29, 1.82) is 0 Å². The lowest BCUT2D eigenvalue weighted by atomic mass is 10.2. The Labute approximate surface area is 176 Å². The van der Waals surface area contributed by atoms with Gasteiger partial charge in [-0.3, -0.25) is 4.90 Å². The van der Waals surface area contributed by atoms with Crippen molar-refractivity contribution < 1.29 is 12.8 Å². The zero-order valence-electron chi connectivity index (χ0n) is 15.2. The SMILES string of the molecule is CC(c1nnc(-c2ccccc2)o1)N1CCN(S(=O)(=O)c2ccc(Br)s2)CC1. The summed E-state index contributed by atoms with van der Waals surface area (Å²) in [6.45, 7) is 4.08. The van der Waals surface area contributed by atoms with Gasteiger partial charge in [-0.25, -0.2) is 8.42 Å². The third kappa shape index (κ3) is 3.92. The lowest BCUT2D eigenvalue weighted by molar-refractivity contribution is 0.129. The molecule has 0 saturated carbocycles. The van der Waals surface area contributed by atoms with Crippen LogP contribution < -0.4 is 0 Å². The minimum atomic E-state index is -3.44. The molecule has 3 heterocycles. The molecule has 28 heavy (non-hydrogen) atoms. The van der Waals surface area contributed by atoms with Crippen LogP contribution in [-0.4, -0.2) is 54.0 Å². The molecule has 2 aromatic heterocycles. The highest BCUT2D eigenvalue weighted by Crippen LogP contribution is 2.30. The summed E-state index contributed by atoms with van der Waals surface area (Å²) in [4.78, 5) is 2.17. The third-order valence-electron chi connectivity index (χ3n) is 4.78. The minimum Gasteiger partial charge on any atom is -0.419 e. The molecule has 0 bridgehead atoms. The average molecular weight is 483 g/mol. The summed E-state index contributed by atoms with van der Waals surface area (Å²) in [7, 11) is -3.44. The highest BCUT2D eigenvalue weighted by Gasteiger charge is 2.32. The Balaban J connectivity index is 1.42. The standard InChI is InChI=1S/C18H19BrN4O3S2/c1-13(17-20-21-18(26-17)14-5-3-2-4-6-14)22-9-11-23(12-10-22)28(24,25)16-8-7-15(19)27-16/h2-8,13H,9-12H2,1H3. The number of nitrogens with zero attached hydrogens (tertiary/aromatic N) is 4. The molecule has 4 rings (SSSR count). The Bertz CT molecular complexity index is 1040. The zero-order valence-corrected chi connectivity index (χ0v) is 18.4. The summed E-state index contributed by atoms with van der Waals surface area (Å²) in [5, 5.41) is 8.34. The largest absolute Gasteiger partial charge is 0.419 e. The summed E-state index contributed by atoms with van der Waals surface area (Å²) in [5.74, 6) is 1.03. The van der Waals surface area contributed by atoms with Gasteiger partial charge in [0.15, 0.2) is 0 Å². The van der Waals surface area contributed by atoms with Crippen LogP contribution >= 0.6 is 27.3 Å². The van der Waals surface area contributed by atoms with E-state index in [2.05, 4.69) is 31.0 Å². The maximum absolute atomic E-state index is 12.8. The summed E-state index contributed by atoms with van der Waals surface area (Å²) < 4.78 is 34.1. The van der Waals surface area contributed by atoms with E-state index in [1.165, 1.54) is 15.6 Å². The number of rotatable bonds is 5. The quantitative estimate of drug-likeness (QED) is 0.552. The van der Waals surface area contributed by atoms with E-state index in [4.69, 9.17) is 4.42 Å². The van der Waals surface area contributed by atoms with Gasteiger partial charge in [-0.05, 0) is 47.1 Å². The van der Waals surface area contributed by atoms with Crippen molar-refractivity contribution in [3.8, 4) is 11.5 Å². The number of halogens is 1. The number of hydrogen-bond acceptors (Lipinski definition) is 7. The zero-order chi connectivity index (χ0) is 19.7. The molecule has 0 aliphatic carbocycles. The number of sulfonamides is 1. The molecule has 7 nitrogen and oxygen atoms in total. The van der Waals surface area contributed by atoms with Crippen LogP contribution in [0.4, 0.5) is 0 Å². The second-order valence-corrected chi connectivity index (χ2v) is 11.1. The van der Waals surface area contributed by atoms with Gasteiger partial charge in [0.25, 0.3) is 10.0 Å². The Morgan fingerprint density at radius 3 is 2.43 bits per heavy atom. The number of hydrogen-bond donors (Lipinski definition) is 0. The van der Waals surface area contributed by atoms with E-state index in [-0.39, 0.29) is 6.04 Å². The van der Waals surface area contributed by atoms with Crippen LogP contribution in [-0.2, 0) is 10.0 Å². The smallest absolute Gasteiger partial charge is 0.252 e. The summed E-state index contributed by atoms with van der Waals surface area (Å²) >= 11 is 4.56. The lowest BCUT2D eigenvalue weighted by Crippen LogP contribution is -2.49. The van der Waals surface area contributed by atoms with E-state index < -0.39 is 10.0 Å². The number of benzene rings is 1. The highest BCUT2D eigenvalue weighted by atomic mass is 79.9. The molecule has 0 radical (unpaired) electrons. The van der Waals surface area contributed by atoms with Gasteiger partial charge in [-0.15, -0.1) is 21.5 Å². The van der Waals surface area contributed by atoms with E-state index in [1.54, 1.807) is 12.1 Å². The lowest BCUT2D eigenvalue weighted by Gasteiger charge is -2.35. The monoisotopic (exact) mass is 482 g/mol. The maximum Gasteiger partial charge on any atom is 0.252 e. The predicted molar refractivity (Wildman–Crippen MR) is 110 cm³/mol. The Morgan fingerprint density at radius 1 is 1.07 bits per heavy atom. The summed E-state index contributed by atoms with van der Waals surface area (Å²) in [6.07, 6.45) is 0. The molecular weight excluding hydrogens is 464 g/mol. The predicted octanol–water partition coefficient (Wildman–Crippen LogP) is 3.63. The van der Waals surface area contributed by atoms with Crippen LogP contribution in [0.2, 0.25) is 0 Å². The first-order valence-corrected chi connectivity index (χ1v) is 11.9. The molecule has 1 fully saturated rings. The van der Waals surface area contributed by atoms with Crippen molar-refractivity contribution in [2.75, 3.05) is 26.2 Å². The Kier molecular flexibility index (Phi) is 5.66. The van der Waals surface area contributed by atoms with Crippen molar-refractivity contribution >= 4 is 37.3 Å². The fraction of sp³-hybridized carbons (Fsp3) is 0.333. The van der Waals surface area contributed by atoms with Crippen molar-refractivity contribution in [2.24, 2.45) is 0 Å². The van der Waals surface area contributed by atoms with Gasteiger partial charge < -0.3 is 4.42 Å². The first-order valence-electron chi connectivity index (χ1n) is 8.83. The van der Waals surface area contributed by atoms with Crippen LogP contribution in [0.1, 0.15) is 18.9 Å². The molecule has 148 valence electrons. The molecule has 1 aliphatic heterocycles. The summed E-state index contributed by atoms with van der Waals surface area (Å²) in [6, 6.07) is 13.0. The van der Waals surface area contributed by atoms with E-state index in [0.29, 0.717) is 42.2 Å². The van der Waals surface area contributed by atoms with Crippen LogP contribution in [0.3, 0.4) is 0 Å². The molecule has 1 aliphatic rings. The van der Waals surface area contributed by atoms with Gasteiger partial charge in [0.1, 0.15) is 4.21 Å². The third-order valence-corrected chi connectivity index (χ3v) is 8.77. The van der Waals surface area contributed by atoms with Crippen LogP contribution in [0.25, 0.3) is 11.5 Å². The number of aromatic nitrogens is 2. The average Bonchev–Trinajstić information content (AvgIpc) is 3.38. The molecule has 1 unspecified atom stereocenters. The van der Waals surface area contributed by atoms with Crippen LogP contribution in [0.15, 0.2) is 54.9 Å². The fourth-order valence-corrected chi connectivity index (χ4v) is 6.74. The summed E-state index contributed by atoms with van der Waals surface area (Å²) in [5.41, 5.74) is 0.881. The fourth-order valence-electron chi connectivity index (χ4n) is 3.15. The van der Waals surface area contributed by atoms with Crippen LogP contribution in [0.5, 0.6) is 0 Å². The van der Waals surface area contributed by atoms with E-state index in [9.17, 15) is 8.42 Å². The van der Waals surface area contributed by atoms with Gasteiger partial charge in [-0.1, -0.05) is 18.2 Å². The highest BCUT2D eigenvalue weighted by molar-refractivity contribution is 9.11. The minimum absolute atomic E-state index is 0.0781. The van der Waals surface area contributed by atoms with Crippen molar-refractivity contribution in [1.82, 2.24) is 19.4 Å². The molecule has 0 spiro atoms. The first-order chi connectivity index (χ1) is 13.4. The second-order valence-electron chi connectivity index (χ2n) is 6.49. The van der Waals surface area contributed by atoms with Gasteiger partial charge in [0.05, 0.1) is 9.83 Å². The van der Waals surface area contributed by atoms with Crippen LogP contribution in [0, 0.1) is 0 Å². The second kappa shape index (κ2) is 8.03. The molecular formula is C18H19BrN4O3S2. The van der Waals surface area contributed by atoms with Gasteiger partial charge >= 0.3 is 0 Å². The van der Waals surface area contributed by atoms with Crippen molar-refractivity contribution in [2.45, 2.75) is 17.2 Å². The number of thiophene rings is 1. The van der Waals surface area contributed by atoms with E-state index >= 15 is 0 Å². The van der Waals surface area contributed by atoms with Gasteiger partial charge in [-0.2, -0.15) is 4.31 Å². The topological polar surface area (TPSA) is 79.5 Å². The van der Waals surface area contributed by atoms with E-state index in [0.717, 1.165) is 9.35 Å². The molecule has 1 aromatic carbocycles. The Hall–Kier alpha value is -1.59. The maximum atomic E-state index is 12.8. The molecule has 1 saturated heterocycles. The molecule has 0 N–H and O–H groups in total. The van der Waals surface area contributed by atoms with Crippen molar-refractivity contribution in [3.05, 3.63) is 52.1 Å². The molecule has 0 amide bonds. The molecule has 3 aromatic rings. The first kappa shape index (κ1) is 19.7. The number of piperazine rings is 1.